The van der Waals surface area contributed by atoms with Gasteiger partial charge >= 0.3 is 0 Å². The lowest BCUT2D eigenvalue weighted by atomic mass is 10.2. The highest BCUT2D eigenvalue weighted by atomic mass is 35.5. The zero-order valence-electron chi connectivity index (χ0n) is 9.00. The fourth-order valence-corrected chi connectivity index (χ4v) is 1.52. The summed E-state index contributed by atoms with van der Waals surface area (Å²) in [5.41, 5.74) is 1.07. The number of halogens is 1. The molecule has 78 valence electrons. The van der Waals surface area contributed by atoms with Gasteiger partial charge in [0, 0.05) is 12.2 Å². The van der Waals surface area contributed by atoms with Crippen LogP contribution in [0.2, 0.25) is 5.02 Å². The Balaban J connectivity index is 2.68. The van der Waals surface area contributed by atoms with E-state index in [2.05, 4.69) is 30.8 Å². The summed E-state index contributed by atoms with van der Waals surface area (Å²) >= 11 is 5.78. The molecule has 0 aliphatic rings. The van der Waals surface area contributed by atoms with Gasteiger partial charge in [0.1, 0.15) is 0 Å². The van der Waals surface area contributed by atoms with E-state index >= 15 is 0 Å². The molecule has 1 atom stereocenters. The maximum Gasteiger partial charge on any atom is 0.0589 e. The van der Waals surface area contributed by atoms with Crippen LogP contribution in [0.3, 0.4) is 0 Å². The minimum Gasteiger partial charge on any atom is -0.298 e. The van der Waals surface area contributed by atoms with Gasteiger partial charge in [-0.1, -0.05) is 18.5 Å². The Labute approximate surface area is 90.9 Å². The maximum absolute atomic E-state index is 5.78. The normalized spacial score (nSPS) is 13.2. The fraction of sp³-hybridized carbons (Fsp3) is 0.545. The van der Waals surface area contributed by atoms with Gasteiger partial charge in [-0.25, -0.2) is 0 Å². The van der Waals surface area contributed by atoms with Gasteiger partial charge < -0.3 is 0 Å². The molecule has 0 aliphatic carbocycles. The number of rotatable bonds is 4. The molecule has 0 aromatic carbocycles. The second kappa shape index (κ2) is 5.32. The molecule has 0 amide bonds. The number of aromatic nitrogens is 1. The van der Waals surface area contributed by atoms with E-state index in [9.17, 15) is 0 Å². The first kappa shape index (κ1) is 11.5. The van der Waals surface area contributed by atoms with E-state index in [1.165, 1.54) is 0 Å². The van der Waals surface area contributed by atoms with Crippen molar-refractivity contribution < 1.29 is 0 Å². The van der Waals surface area contributed by atoms with Crippen LogP contribution in [0.15, 0.2) is 18.3 Å². The van der Waals surface area contributed by atoms with E-state index in [1.54, 1.807) is 6.20 Å². The Morgan fingerprint density at radius 1 is 1.50 bits per heavy atom. The van der Waals surface area contributed by atoms with Crippen molar-refractivity contribution in [2.45, 2.75) is 26.3 Å². The highest BCUT2D eigenvalue weighted by Crippen LogP contribution is 2.17. The van der Waals surface area contributed by atoms with Gasteiger partial charge in [0.25, 0.3) is 0 Å². The minimum absolute atomic E-state index is 0.354. The third-order valence-corrected chi connectivity index (χ3v) is 2.64. The summed E-state index contributed by atoms with van der Waals surface area (Å²) in [4.78, 5) is 6.60. The number of hydrogen-bond donors (Lipinski definition) is 0. The Morgan fingerprint density at radius 2 is 2.21 bits per heavy atom. The predicted octanol–water partition coefficient (Wildman–Crippen LogP) is 3.14. The topological polar surface area (TPSA) is 16.1 Å². The van der Waals surface area contributed by atoms with Gasteiger partial charge in [-0.3, -0.25) is 9.88 Å². The smallest absolute Gasteiger partial charge is 0.0589 e. The van der Waals surface area contributed by atoms with Crippen LogP contribution in [0.25, 0.3) is 0 Å². The molecule has 0 spiro atoms. The summed E-state index contributed by atoms with van der Waals surface area (Å²) in [7, 11) is 2.12. The molecular formula is C11H17ClN2. The molecule has 1 unspecified atom stereocenters. The minimum atomic E-state index is 0.354. The lowest BCUT2D eigenvalue weighted by Gasteiger charge is -2.23. The summed E-state index contributed by atoms with van der Waals surface area (Å²) in [5, 5.41) is 0.694. The number of hydrogen-bond acceptors (Lipinski definition) is 2. The van der Waals surface area contributed by atoms with Crippen LogP contribution in [-0.4, -0.2) is 23.5 Å². The molecule has 14 heavy (non-hydrogen) atoms. The van der Waals surface area contributed by atoms with E-state index in [1.807, 2.05) is 12.1 Å². The molecule has 1 aromatic rings. The van der Waals surface area contributed by atoms with Gasteiger partial charge in [-0.05, 0) is 39.1 Å². The van der Waals surface area contributed by atoms with Gasteiger partial charge in [0.2, 0.25) is 0 Å². The number of pyridine rings is 1. The van der Waals surface area contributed by atoms with Crippen molar-refractivity contribution in [3.63, 3.8) is 0 Å². The third kappa shape index (κ3) is 2.96. The molecule has 0 fully saturated rings. The first-order valence-corrected chi connectivity index (χ1v) is 5.34. The van der Waals surface area contributed by atoms with E-state index < -0.39 is 0 Å². The van der Waals surface area contributed by atoms with E-state index in [-0.39, 0.29) is 0 Å². The summed E-state index contributed by atoms with van der Waals surface area (Å²) in [6.45, 7) is 5.43. The largest absolute Gasteiger partial charge is 0.298 e. The molecule has 2 nitrogen and oxygen atoms in total. The molecule has 0 saturated carbocycles. The van der Waals surface area contributed by atoms with Crippen LogP contribution in [0, 0.1) is 0 Å². The zero-order valence-corrected chi connectivity index (χ0v) is 9.75. The second-order valence-electron chi connectivity index (χ2n) is 3.56. The third-order valence-electron chi connectivity index (χ3n) is 2.42. The molecule has 3 heteroatoms. The van der Waals surface area contributed by atoms with Crippen LogP contribution >= 0.6 is 11.6 Å². The fourth-order valence-electron chi connectivity index (χ4n) is 1.41. The van der Waals surface area contributed by atoms with E-state index in [0.717, 1.165) is 18.7 Å². The summed E-state index contributed by atoms with van der Waals surface area (Å²) in [5.74, 6) is 0. The Morgan fingerprint density at radius 3 is 2.71 bits per heavy atom. The lowest BCUT2D eigenvalue weighted by molar-refractivity contribution is 0.258. The average molecular weight is 213 g/mol. The van der Waals surface area contributed by atoms with Crippen LogP contribution in [0.4, 0.5) is 0 Å². The average Bonchev–Trinajstić information content (AvgIpc) is 2.18. The molecule has 0 saturated heterocycles. The lowest BCUT2D eigenvalue weighted by Crippen LogP contribution is -2.23. The molecule has 1 aromatic heterocycles. The SMILES string of the molecule is CCCN(C)C(C)c1ccc(Cl)cn1. The van der Waals surface area contributed by atoms with Crippen LogP contribution in [0.1, 0.15) is 32.0 Å². The zero-order chi connectivity index (χ0) is 10.6. The molecular weight excluding hydrogens is 196 g/mol. The molecule has 0 aliphatic heterocycles. The monoisotopic (exact) mass is 212 g/mol. The molecule has 0 radical (unpaired) electrons. The van der Waals surface area contributed by atoms with Crippen molar-refractivity contribution in [3.8, 4) is 0 Å². The van der Waals surface area contributed by atoms with Gasteiger partial charge in [0.05, 0.1) is 10.7 Å². The van der Waals surface area contributed by atoms with Gasteiger partial charge in [-0.2, -0.15) is 0 Å². The van der Waals surface area contributed by atoms with Crippen molar-refractivity contribution in [1.29, 1.82) is 0 Å². The Bertz CT molecular complexity index is 271. The van der Waals surface area contributed by atoms with Crippen molar-refractivity contribution in [2.24, 2.45) is 0 Å². The van der Waals surface area contributed by atoms with E-state index in [0.29, 0.717) is 11.1 Å². The number of nitrogens with zero attached hydrogens (tertiary/aromatic N) is 2. The van der Waals surface area contributed by atoms with Crippen LogP contribution in [0.5, 0.6) is 0 Å². The van der Waals surface area contributed by atoms with Crippen molar-refractivity contribution in [2.75, 3.05) is 13.6 Å². The quantitative estimate of drug-likeness (QED) is 0.763. The predicted molar refractivity (Wildman–Crippen MR) is 60.6 cm³/mol. The standard InChI is InChI=1S/C11H17ClN2/c1-4-7-14(3)9(2)11-6-5-10(12)8-13-11/h5-6,8-9H,4,7H2,1-3H3. The van der Waals surface area contributed by atoms with Crippen molar-refractivity contribution >= 4 is 11.6 Å². The summed E-state index contributed by atoms with van der Waals surface area (Å²) < 4.78 is 0. The maximum atomic E-state index is 5.78. The highest BCUT2D eigenvalue weighted by molar-refractivity contribution is 6.30. The van der Waals surface area contributed by atoms with Gasteiger partial charge in [0.15, 0.2) is 0 Å². The van der Waals surface area contributed by atoms with Crippen molar-refractivity contribution in [3.05, 3.63) is 29.0 Å². The molecule has 0 N–H and O–H groups in total. The summed E-state index contributed by atoms with van der Waals surface area (Å²) in [6.07, 6.45) is 2.86. The Hall–Kier alpha value is -0.600. The van der Waals surface area contributed by atoms with Crippen LogP contribution < -0.4 is 0 Å². The Kier molecular flexibility index (Phi) is 4.36. The highest BCUT2D eigenvalue weighted by Gasteiger charge is 2.11. The van der Waals surface area contributed by atoms with E-state index in [4.69, 9.17) is 11.6 Å². The molecule has 1 heterocycles. The first-order chi connectivity index (χ1) is 6.65. The summed E-state index contributed by atoms with van der Waals surface area (Å²) in [6, 6.07) is 4.23. The second-order valence-corrected chi connectivity index (χ2v) is 3.99. The van der Waals surface area contributed by atoms with Crippen LogP contribution in [-0.2, 0) is 0 Å². The first-order valence-electron chi connectivity index (χ1n) is 4.96. The van der Waals surface area contributed by atoms with Crippen molar-refractivity contribution in [1.82, 2.24) is 9.88 Å². The molecule has 0 bridgehead atoms. The van der Waals surface area contributed by atoms with Gasteiger partial charge in [-0.15, -0.1) is 0 Å². The molecule has 1 rings (SSSR count).